The number of rotatable bonds is 13. The van der Waals surface area contributed by atoms with Gasteiger partial charge < -0.3 is 24.8 Å². The van der Waals surface area contributed by atoms with Gasteiger partial charge in [0.05, 0.1) is 30.2 Å². The van der Waals surface area contributed by atoms with Gasteiger partial charge in [0, 0.05) is 46.1 Å². The minimum absolute atomic E-state index is 0.270. The lowest BCUT2D eigenvalue weighted by Gasteiger charge is -2.18. The Morgan fingerprint density at radius 2 is 2.05 bits per heavy atom. The van der Waals surface area contributed by atoms with Gasteiger partial charge in [-0.2, -0.15) is 0 Å². The maximum absolute atomic E-state index is 13.2. The summed E-state index contributed by atoms with van der Waals surface area (Å²) in [6, 6.07) is 13.4. The van der Waals surface area contributed by atoms with E-state index in [1.807, 2.05) is 74.2 Å². The summed E-state index contributed by atoms with van der Waals surface area (Å²) in [5.41, 5.74) is 3.79. The molecule has 2 N–H and O–H groups in total. The van der Waals surface area contributed by atoms with Crippen LogP contribution in [-0.4, -0.2) is 65.0 Å². The van der Waals surface area contributed by atoms with Crippen molar-refractivity contribution in [3.8, 4) is 17.0 Å². The van der Waals surface area contributed by atoms with Crippen molar-refractivity contribution in [2.75, 3.05) is 50.3 Å². The van der Waals surface area contributed by atoms with Crippen molar-refractivity contribution >= 4 is 45.9 Å². The third kappa shape index (κ3) is 6.96. The van der Waals surface area contributed by atoms with Crippen molar-refractivity contribution in [1.82, 2.24) is 19.4 Å². The number of hydrogen-bond donors (Lipinski definition) is 2. The van der Waals surface area contributed by atoms with Gasteiger partial charge in [0.25, 0.3) is 0 Å². The molecule has 0 atom stereocenters. The number of anilines is 3. The largest absolute Gasteiger partial charge is 0.492 e. The summed E-state index contributed by atoms with van der Waals surface area (Å²) >= 11 is 1.63. The highest BCUT2D eigenvalue weighted by Gasteiger charge is 2.16. The minimum Gasteiger partial charge on any atom is -0.492 e. The highest BCUT2D eigenvalue weighted by molar-refractivity contribution is 7.99. The Kier molecular flexibility index (Phi) is 9.56. The van der Waals surface area contributed by atoms with Crippen molar-refractivity contribution < 1.29 is 13.9 Å². The Morgan fingerprint density at radius 3 is 2.79 bits per heavy atom. The van der Waals surface area contributed by atoms with Crippen molar-refractivity contribution in [3.63, 3.8) is 0 Å². The second kappa shape index (κ2) is 13.3. The molecule has 0 radical (unpaired) electrons. The molecule has 0 unspecified atom stereocenters. The van der Waals surface area contributed by atoms with Crippen LogP contribution in [-0.2, 0) is 11.3 Å². The Balaban J connectivity index is 1.70. The molecule has 0 saturated carbocycles. The molecule has 0 aliphatic rings. The van der Waals surface area contributed by atoms with E-state index < -0.39 is 6.67 Å². The molecule has 2 heterocycles. The van der Waals surface area contributed by atoms with Crippen molar-refractivity contribution in [3.05, 3.63) is 67.5 Å². The Bertz CT molecular complexity index is 1460. The number of thioether (sulfide) groups is 1. The fourth-order valence-electron chi connectivity index (χ4n) is 4.09. The fourth-order valence-corrected chi connectivity index (χ4v) is 5.22. The van der Waals surface area contributed by atoms with Gasteiger partial charge in [-0.15, -0.1) is 11.8 Å². The third-order valence-corrected chi connectivity index (χ3v) is 6.95. The summed E-state index contributed by atoms with van der Waals surface area (Å²) in [5.74, 6) is 1.52. The van der Waals surface area contributed by atoms with Crippen LogP contribution in [0.15, 0.2) is 72.4 Å². The molecule has 2 aromatic heterocycles. The maximum Gasteiger partial charge on any atom is 0.247 e. The van der Waals surface area contributed by atoms with Crippen LogP contribution in [0.2, 0.25) is 0 Å². The van der Waals surface area contributed by atoms with E-state index in [1.165, 1.54) is 6.08 Å². The molecule has 0 aliphatic heterocycles. The highest BCUT2D eigenvalue weighted by atomic mass is 32.2. The van der Waals surface area contributed by atoms with Crippen LogP contribution in [0.1, 0.15) is 6.92 Å². The number of halogens is 1. The molecular weight excluding hydrogens is 515 g/mol. The molecule has 39 heavy (non-hydrogen) atoms. The van der Waals surface area contributed by atoms with Crippen LogP contribution in [0, 0.1) is 0 Å². The number of alkyl halides is 1. The normalized spacial score (nSPS) is 11.1. The van der Waals surface area contributed by atoms with Crippen LogP contribution in [0.25, 0.3) is 22.2 Å². The molecule has 4 aromatic rings. The zero-order valence-corrected chi connectivity index (χ0v) is 23.2. The second-order valence-electron chi connectivity index (χ2n) is 8.96. The molecule has 0 spiro atoms. The molecule has 1 amide bonds. The zero-order chi connectivity index (χ0) is 27.8. The van der Waals surface area contributed by atoms with Gasteiger partial charge in [0.2, 0.25) is 11.9 Å². The first-order valence-corrected chi connectivity index (χ1v) is 13.7. The van der Waals surface area contributed by atoms with E-state index in [0.29, 0.717) is 35.4 Å². The number of aromatic nitrogens is 3. The summed E-state index contributed by atoms with van der Waals surface area (Å²) in [6.45, 7) is 6.65. The van der Waals surface area contributed by atoms with E-state index in [2.05, 4.69) is 27.1 Å². The molecule has 0 fully saturated rings. The standard InChI is InChI=1S/C29H33FN6O2S/c1-5-28(37)32-24-17-23(26(38-6-2)18-27(24)39-16-15-35(3)4)34-29-31-13-11-22(33-29)21-19-36(14-12-30)25-10-8-7-9-20(21)25/h5,7-11,13,17-19H,1,6,12,14-16H2,2-4H3,(H,32,37)(H,31,33,34). The van der Waals surface area contributed by atoms with E-state index in [4.69, 9.17) is 9.72 Å². The van der Waals surface area contributed by atoms with Crippen LogP contribution in [0.4, 0.5) is 21.7 Å². The lowest BCUT2D eigenvalue weighted by molar-refractivity contribution is -0.111. The quantitative estimate of drug-likeness (QED) is 0.157. The summed E-state index contributed by atoms with van der Waals surface area (Å²) in [6.07, 6.45) is 4.84. The number of fused-ring (bicyclic) bond motifs is 1. The molecule has 0 aliphatic carbocycles. The predicted octanol–water partition coefficient (Wildman–Crippen LogP) is 5.99. The number of benzene rings is 2. The molecule has 10 heteroatoms. The lowest BCUT2D eigenvalue weighted by atomic mass is 10.1. The van der Waals surface area contributed by atoms with Crippen LogP contribution < -0.4 is 15.4 Å². The number of nitrogens with zero attached hydrogens (tertiary/aromatic N) is 4. The number of hydrogen-bond acceptors (Lipinski definition) is 7. The summed E-state index contributed by atoms with van der Waals surface area (Å²) < 4.78 is 21.0. The number of ether oxygens (including phenoxy) is 1. The fraction of sp³-hybridized carbons (Fsp3) is 0.276. The minimum atomic E-state index is -0.455. The van der Waals surface area contributed by atoms with Crippen molar-refractivity contribution in [2.24, 2.45) is 0 Å². The molecule has 2 aromatic carbocycles. The molecule has 0 saturated heterocycles. The van der Waals surface area contributed by atoms with Crippen LogP contribution in [0.3, 0.4) is 0 Å². The summed E-state index contributed by atoms with van der Waals surface area (Å²) in [5, 5.41) is 7.16. The first-order valence-electron chi connectivity index (χ1n) is 12.7. The first-order chi connectivity index (χ1) is 18.9. The average Bonchev–Trinajstić information content (AvgIpc) is 3.29. The zero-order valence-electron chi connectivity index (χ0n) is 22.4. The van der Waals surface area contributed by atoms with Crippen molar-refractivity contribution in [1.29, 1.82) is 0 Å². The van der Waals surface area contributed by atoms with Gasteiger partial charge in [-0.1, -0.05) is 24.8 Å². The molecule has 0 bridgehead atoms. The molecule has 8 nitrogen and oxygen atoms in total. The highest BCUT2D eigenvalue weighted by Crippen LogP contribution is 2.39. The van der Waals surface area contributed by atoms with Crippen LogP contribution in [0.5, 0.6) is 5.75 Å². The number of para-hydroxylation sites is 1. The van der Waals surface area contributed by atoms with Crippen LogP contribution >= 0.6 is 11.8 Å². The topological polar surface area (TPSA) is 84.3 Å². The number of carbonyl (C=O) groups is 1. The Morgan fingerprint density at radius 1 is 1.23 bits per heavy atom. The van der Waals surface area contributed by atoms with Gasteiger partial charge in [-0.05, 0) is 51.4 Å². The number of aryl methyl sites for hydroxylation is 1. The summed E-state index contributed by atoms with van der Waals surface area (Å²) in [7, 11) is 4.04. The van der Waals surface area contributed by atoms with Gasteiger partial charge in [-0.3, -0.25) is 4.79 Å². The van der Waals surface area contributed by atoms with Gasteiger partial charge >= 0.3 is 0 Å². The third-order valence-electron chi connectivity index (χ3n) is 5.91. The van der Waals surface area contributed by atoms with Gasteiger partial charge in [-0.25, -0.2) is 14.4 Å². The first kappa shape index (κ1) is 28.1. The predicted molar refractivity (Wildman–Crippen MR) is 158 cm³/mol. The number of carbonyl (C=O) groups excluding carboxylic acids is 1. The monoisotopic (exact) mass is 548 g/mol. The van der Waals surface area contributed by atoms with Gasteiger partial charge in [0.1, 0.15) is 12.4 Å². The van der Waals surface area contributed by atoms with E-state index in [-0.39, 0.29) is 12.5 Å². The molecular formula is C29H33FN6O2S. The smallest absolute Gasteiger partial charge is 0.247 e. The average molecular weight is 549 g/mol. The van der Waals surface area contributed by atoms with E-state index in [1.54, 1.807) is 18.0 Å². The van der Waals surface area contributed by atoms with E-state index in [0.717, 1.165) is 33.7 Å². The number of nitrogens with one attached hydrogen (secondary N) is 2. The summed E-state index contributed by atoms with van der Waals surface area (Å²) in [4.78, 5) is 24.4. The number of amides is 1. The van der Waals surface area contributed by atoms with Gasteiger partial charge in [0.15, 0.2) is 0 Å². The molecule has 204 valence electrons. The van der Waals surface area contributed by atoms with E-state index >= 15 is 0 Å². The lowest BCUT2D eigenvalue weighted by Crippen LogP contribution is -2.15. The molecule has 4 rings (SSSR count). The Labute approximate surface area is 232 Å². The maximum atomic E-state index is 13.2. The second-order valence-corrected chi connectivity index (χ2v) is 10.1. The van der Waals surface area contributed by atoms with Crippen molar-refractivity contribution in [2.45, 2.75) is 18.4 Å². The SMILES string of the molecule is C=CC(=O)Nc1cc(Nc2nccc(-c3cn(CCF)c4ccccc34)n2)c(OCC)cc1SCCN(C)C. The Hall–Kier alpha value is -3.89. The van der Waals surface area contributed by atoms with E-state index in [9.17, 15) is 9.18 Å².